The minimum atomic E-state index is -0.810. The first-order chi connectivity index (χ1) is 17.9. The van der Waals surface area contributed by atoms with Crippen LogP contribution in [0.5, 0.6) is 0 Å². The van der Waals surface area contributed by atoms with Crippen molar-refractivity contribution >= 4 is 23.7 Å². The fraction of sp³-hybridized carbons (Fsp3) is 0.586. The number of carboxylic acid groups (broad SMARTS) is 1. The summed E-state index contributed by atoms with van der Waals surface area (Å²) in [6, 6.07) is 6.30. The highest BCUT2D eigenvalue weighted by molar-refractivity contribution is 5.92. The molecule has 1 saturated heterocycles. The number of hydrogen-bond donors (Lipinski definition) is 4. The number of aliphatic carboxylic acids is 1. The van der Waals surface area contributed by atoms with Gasteiger partial charge in [0, 0.05) is 31.6 Å². The lowest BCUT2D eigenvalue weighted by atomic mass is 9.85. The number of hydrogen-bond acceptors (Lipinski definition) is 5. The molecule has 0 radical (unpaired) electrons. The molecular formula is C29H43N3O6. The van der Waals surface area contributed by atoms with Crippen molar-refractivity contribution in [2.45, 2.75) is 90.6 Å². The zero-order valence-electron chi connectivity index (χ0n) is 22.9. The van der Waals surface area contributed by atoms with Gasteiger partial charge in [0.05, 0.1) is 0 Å². The number of carbonyl (C=O) groups excluding carboxylic acids is 3. The number of unbranched alkanes of at least 4 members (excludes halogenated alkanes) is 3. The van der Waals surface area contributed by atoms with E-state index in [2.05, 4.69) is 11.2 Å². The SMILES string of the molecule is C#Cc1ccc(CCO)cc1.CC(C)(C)C(NC(=O)CCCCCCC(=O)O)C(=O)N1CCCC1C(N)=O. The Bertz CT molecular complexity index is 962. The molecule has 1 aromatic carbocycles. The van der Waals surface area contributed by atoms with Gasteiger partial charge in [0.1, 0.15) is 12.1 Å². The molecule has 1 heterocycles. The molecule has 0 spiro atoms. The van der Waals surface area contributed by atoms with Crippen LogP contribution in [0.4, 0.5) is 0 Å². The predicted molar refractivity (Wildman–Crippen MR) is 146 cm³/mol. The number of benzene rings is 1. The van der Waals surface area contributed by atoms with Crippen molar-refractivity contribution in [1.29, 1.82) is 0 Å². The van der Waals surface area contributed by atoms with Crippen molar-refractivity contribution in [2.75, 3.05) is 13.2 Å². The number of nitrogens with one attached hydrogen (secondary N) is 1. The smallest absolute Gasteiger partial charge is 0.303 e. The average Bonchev–Trinajstić information content (AvgIpc) is 3.35. The van der Waals surface area contributed by atoms with Crippen LogP contribution in [0.15, 0.2) is 24.3 Å². The molecule has 38 heavy (non-hydrogen) atoms. The summed E-state index contributed by atoms with van der Waals surface area (Å²) >= 11 is 0. The van der Waals surface area contributed by atoms with Crippen LogP contribution in [0.25, 0.3) is 0 Å². The van der Waals surface area contributed by atoms with E-state index >= 15 is 0 Å². The molecule has 9 heteroatoms. The first-order valence-electron chi connectivity index (χ1n) is 13.2. The Balaban J connectivity index is 0.000000544. The van der Waals surface area contributed by atoms with Crippen molar-refractivity contribution in [3.05, 3.63) is 35.4 Å². The maximum absolute atomic E-state index is 13.0. The number of nitrogens with two attached hydrogens (primary N) is 1. The van der Waals surface area contributed by atoms with E-state index < -0.39 is 29.4 Å². The summed E-state index contributed by atoms with van der Waals surface area (Å²) in [5, 5.41) is 20.0. The molecule has 0 aliphatic carbocycles. The van der Waals surface area contributed by atoms with Crippen molar-refractivity contribution in [1.82, 2.24) is 10.2 Å². The fourth-order valence-electron chi connectivity index (χ4n) is 4.19. The van der Waals surface area contributed by atoms with Crippen molar-refractivity contribution in [3.63, 3.8) is 0 Å². The van der Waals surface area contributed by atoms with Gasteiger partial charge in [0.25, 0.3) is 0 Å². The molecule has 2 atom stereocenters. The summed E-state index contributed by atoms with van der Waals surface area (Å²) < 4.78 is 0. The number of primary amides is 1. The zero-order valence-corrected chi connectivity index (χ0v) is 22.9. The third-order valence-electron chi connectivity index (χ3n) is 6.35. The monoisotopic (exact) mass is 529 g/mol. The number of amides is 3. The van der Waals surface area contributed by atoms with Crippen molar-refractivity contribution < 1.29 is 29.4 Å². The highest BCUT2D eigenvalue weighted by Crippen LogP contribution is 2.26. The molecule has 0 saturated carbocycles. The minimum Gasteiger partial charge on any atom is -0.481 e. The number of carboxylic acids is 1. The Kier molecular flexibility index (Phi) is 14.1. The van der Waals surface area contributed by atoms with E-state index in [0.717, 1.165) is 30.4 Å². The lowest BCUT2D eigenvalue weighted by Gasteiger charge is -2.35. The summed E-state index contributed by atoms with van der Waals surface area (Å²) in [4.78, 5) is 48.8. The molecule has 2 unspecified atom stereocenters. The second-order valence-corrected chi connectivity index (χ2v) is 10.6. The van der Waals surface area contributed by atoms with E-state index in [1.807, 2.05) is 45.0 Å². The molecule has 5 N–H and O–H groups in total. The molecule has 210 valence electrons. The number of carbonyl (C=O) groups is 4. The Morgan fingerprint density at radius 1 is 1.11 bits per heavy atom. The van der Waals surface area contributed by atoms with E-state index in [4.69, 9.17) is 22.4 Å². The van der Waals surface area contributed by atoms with Crippen LogP contribution in [0.1, 0.15) is 83.3 Å². The number of aliphatic hydroxyl groups is 1. The maximum Gasteiger partial charge on any atom is 0.303 e. The highest BCUT2D eigenvalue weighted by atomic mass is 16.4. The van der Waals surface area contributed by atoms with Crippen LogP contribution in [0, 0.1) is 17.8 Å². The molecule has 1 aliphatic rings. The normalized spacial score (nSPS) is 15.6. The van der Waals surface area contributed by atoms with Gasteiger partial charge < -0.3 is 26.2 Å². The average molecular weight is 530 g/mol. The Hall–Kier alpha value is -3.38. The maximum atomic E-state index is 13.0. The Morgan fingerprint density at radius 2 is 1.71 bits per heavy atom. The molecule has 1 aromatic rings. The van der Waals surface area contributed by atoms with Crippen LogP contribution in [-0.2, 0) is 25.6 Å². The van der Waals surface area contributed by atoms with E-state index in [0.29, 0.717) is 32.2 Å². The van der Waals surface area contributed by atoms with Gasteiger partial charge in [-0.25, -0.2) is 0 Å². The van der Waals surface area contributed by atoms with Crippen molar-refractivity contribution in [3.8, 4) is 12.3 Å². The second kappa shape index (κ2) is 16.5. The largest absolute Gasteiger partial charge is 0.481 e. The van der Waals surface area contributed by atoms with Gasteiger partial charge in [-0.2, -0.15) is 0 Å². The summed E-state index contributed by atoms with van der Waals surface area (Å²) in [7, 11) is 0. The number of likely N-dealkylation sites (tertiary alicyclic amines) is 1. The van der Waals surface area contributed by atoms with Crippen LogP contribution in [0.3, 0.4) is 0 Å². The summed E-state index contributed by atoms with van der Waals surface area (Å²) in [6.07, 6.45) is 10.4. The van der Waals surface area contributed by atoms with Crippen LogP contribution < -0.4 is 11.1 Å². The van der Waals surface area contributed by atoms with Gasteiger partial charge in [-0.1, -0.05) is 51.7 Å². The number of nitrogens with zero attached hydrogens (tertiary/aromatic N) is 1. The van der Waals surface area contributed by atoms with Gasteiger partial charge >= 0.3 is 5.97 Å². The van der Waals surface area contributed by atoms with E-state index in [1.165, 1.54) is 4.90 Å². The van der Waals surface area contributed by atoms with Gasteiger partial charge in [-0.3, -0.25) is 19.2 Å². The molecule has 2 rings (SSSR count). The molecular weight excluding hydrogens is 486 g/mol. The van der Waals surface area contributed by atoms with Gasteiger partial charge in [-0.05, 0) is 55.2 Å². The van der Waals surface area contributed by atoms with Gasteiger partial charge in [-0.15, -0.1) is 6.42 Å². The van der Waals surface area contributed by atoms with Crippen LogP contribution in [-0.4, -0.2) is 64.0 Å². The first kappa shape index (κ1) is 32.6. The summed E-state index contributed by atoms with van der Waals surface area (Å²) in [6.45, 7) is 6.28. The van der Waals surface area contributed by atoms with E-state index in [-0.39, 0.29) is 31.3 Å². The number of aliphatic hydroxyl groups excluding tert-OH is 1. The number of rotatable bonds is 12. The lowest BCUT2D eigenvalue weighted by molar-refractivity contribution is -0.143. The molecule has 3 amide bonds. The van der Waals surface area contributed by atoms with Crippen molar-refractivity contribution in [2.24, 2.45) is 11.1 Å². The summed E-state index contributed by atoms with van der Waals surface area (Å²) in [5.74, 6) is 0.734. The molecule has 9 nitrogen and oxygen atoms in total. The summed E-state index contributed by atoms with van der Waals surface area (Å²) in [5.41, 5.74) is 6.90. The zero-order chi connectivity index (χ0) is 28.7. The second-order valence-electron chi connectivity index (χ2n) is 10.6. The van der Waals surface area contributed by atoms with E-state index in [1.54, 1.807) is 0 Å². The molecule has 0 aromatic heterocycles. The lowest BCUT2D eigenvalue weighted by Crippen LogP contribution is -2.57. The van der Waals surface area contributed by atoms with E-state index in [9.17, 15) is 19.2 Å². The minimum absolute atomic E-state index is 0.143. The Morgan fingerprint density at radius 3 is 2.21 bits per heavy atom. The first-order valence-corrected chi connectivity index (χ1v) is 13.2. The van der Waals surface area contributed by atoms with Crippen LogP contribution in [0.2, 0.25) is 0 Å². The predicted octanol–water partition coefficient (Wildman–Crippen LogP) is 2.62. The fourth-order valence-corrected chi connectivity index (χ4v) is 4.19. The third kappa shape index (κ3) is 11.8. The molecule has 1 aliphatic heterocycles. The quantitative estimate of drug-likeness (QED) is 0.241. The molecule has 0 bridgehead atoms. The topological polar surface area (TPSA) is 150 Å². The third-order valence-corrected chi connectivity index (χ3v) is 6.35. The van der Waals surface area contributed by atoms with Gasteiger partial charge in [0.15, 0.2) is 0 Å². The van der Waals surface area contributed by atoms with Crippen LogP contribution >= 0.6 is 0 Å². The van der Waals surface area contributed by atoms with Gasteiger partial charge in [0.2, 0.25) is 17.7 Å². The highest BCUT2D eigenvalue weighted by Gasteiger charge is 2.41. The Labute approximate surface area is 226 Å². The standard InChI is InChI=1S/C19H33N3O5.C10H10O/c1-19(2,3)16(18(27)22-12-8-9-13(22)17(20)26)21-14(23)10-6-4-5-7-11-15(24)25;1-2-9-3-5-10(6-4-9)7-8-11/h13,16H,4-12H2,1-3H3,(H2,20,26)(H,21,23)(H,24,25);1,3-6,11H,7-8H2. The number of terminal acetylenes is 1. The molecule has 1 fully saturated rings.